The zero-order valence-corrected chi connectivity index (χ0v) is 10.8. The molecule has 0 saturated heterocycles. The van der Waals surface area contributed by atoms with Gasteiger partial charge in [-0.05, 0) is 35.6 Å². The summed E-state index contributed by atoms with van der Waals surface area (Å²) >= 11 is 1.44. The second-order valence-corrected chi connectivity index (χ2v) is 4.93. The van der Waals surface area contributed by atoms with Crippen LogP contribution >= 0.6 is 11.3 Å². The summed E-state index contributed by atoms with van der Waals surface area (Å²) in [6, 6.07) is 6.28. The van der Waals surface area contributed by atoms with Crippen LogP contribution in [0, 0.1) is 6.92 Å². The fourth-order valence-corrected chi connectivity index (χ4v) is 2.54. The van der Waals surface area contributed by atoms with Crippen LogP contribution < -0.4 is 4.74 Å². The summed E-state index contributed by atoms with van der Waals surface area (Å²) in [6.45, 7) is 1.41. The average Bonchev–Trinajstić information content (AvgIpc) is 2.74. The number of hydrogen-bond donors (Lipinski definition) is 1. The molecule has 2 nitrogen and oxygen atoms in total. The molecule has 1 aromatic carbocycles. The molecule has 0 unspecified atom stereocenters. The van der Waals surface area contributed by atoms with Gasteiger partial charge in [-0.3, -0.25) is 0 Å². The van der Waals surface area contributed by atoms with Crippen LogP contribution in [0.25, 0.3) is 10.4 Å². The van der Waals surface area contributed by atoms with Crippen LogP contribution in [0.15, 0.2) is 29.6 Å². The van der Waals surface area contributed by atoms with Gasteiger partial charge in [-0.15, -0.1) is 24.5 Å². The molecule has 102 valence electrons. The van der Waals surface area contributed by atoms with E-state index in [1.807, 2.05) is 18.4 Å². The lowest BCUT2D eigenvalue weighted by molar-refractivity contribution is -0.275. The number of rotatable bonds is 3. The summed E-state index contributed by atoms with van der Waals surface area (Å²) in [7, 11) is 0. The fourth-order valence-electron chi connectivity index (χ4n) is 1.64. The molecule has 0 amide bonds. The minimum atomic E-state index is -4.77. The molecule has 2 rings (SSSR count). The number of hydrogen-bond acceptors (Lipinski definition) is 3. The summed E-state index contributed by atoms with van der Waals surface area (Å²) in [5.74, 6) is -0.362. The van der Waals surface area contributed by atoms with E-state index in [0.717, 1.165) is 10.4 Å². The number of benzene rings is 1. The predicted octanol–water partition coefficient (Wildman–Crippen LogP) is 4.11. The third kappa shape index (κ3) is 3.48. The Kier molecular flexibility index (Phi) is 3.82. The predicted molar refractivity (Wildman–Crippen MR) is 67.1 cm³/mol. The molecule has 1 N–H and O–H groups in total. The highest BCUT2D eigenvalue weighted by atomic mass is 32.1. The van der Waals surface area contributed by atoms with E-state index in [-0.39, 0.29) is 11.3 Å². The molecular formula is C13H11F3O2S. The van der Waals surface area contributed by atoms with Crippen molar-refractivity contribution in [3.8, 4) is 16.2 Å². The smallest absolute Gasteiger partial charge is 0.405 e. The zero-order valence-electron chi connectivity index (χ0n) is 9.99. The van der Waals surface area contributed by atoms with Crippen LogP contribution in [0.4, 0.5) is 13.2 Å². The fraction of sp³-hybridized carbons (Fsp3) is 0.231. The van der Waals surface area contributed by atoms with Crippen molar-refractivity contribution in [2.24, 2.45) is 0 Å². The van der Waals surface area contributed by atoms with Gasteiger partial charge in [0.05, 0.1) is 6.61 Å². The average molecular weight is 288 g/mol. The van der Waals surface area contributed by atoms with E-state index in [1.165, 1.54) is 23.5 Å². The van der Waals surface area contributed by atoms with Gasteiger partial charge in [0.25, 0.3) is 0 Å². The van der Waals surface area contributed by atoms with Crippen LogP contribution in [-0.4, -0.2) is 11.5 Å². The Hall–Kier alpha value is -1.53. The first-order valence-electron chi connectivity index (χ1n) is 5.44. The molecule has 1 aromatic heterocycles. The van der Waals surface area contributed by atoms with E-state index in [2.05, 4.69) is 4.74 Å². The van der Waals surface area contributed by atoms with Gasteiger partial charge >= 0.3 is 6.36 Å². The van der Waals surface area contributed by atoms with Gasteiger partial charge < -0.3 is 9.84 Å². The molecule has 0 aliphatic heterocycles. The first kappa shape index (κ1) is 13.9. The van der Waals surface area contributed by atoms with Crippen molar-refractivity contribution in [3.63, 3.8) is 0 Å². The molecule has 0 spiro atoms. The van der Waals surface area contributed by atoms with Crippen LogP contribution in [0.3, 0.4) is 0 Å². The maximum Gasteiger partial charge on any atom is 0.573 e. The Morgan fingerprint density at radius 1 is 1.26 bits per heavy atom. The standard InChI is InChI=1S/C13H11F3O2S/c1-8-4-12(19-7-8)9-2-3-10(6-17)11(5-9)18-13(14,15)16/h2-5,7,17H,6H2,1H3. The van der Waals surface area contributed by atoms with Gasteiger partial charge in [0, 0.05) is 10.4 Å². The topological polar surface area (TPSA) is 29.5 Å². The van der Waals surface area contributed by atoms with Gasteiger partial charge in [0.2, 0.25) is 0 Å². The highest BCUT2D eigenvalue weighted by Gasteiger charge is 2.32. The van der Waals surface area contributed by atoms with Crippen molar-refractivity contribution < 1.29 is 23.0 Å². The lowest BCUT2D eigenvalue weighted by Crippen LogP contribution is -2.18. The number of aliphatic hydroxyl groups is 1. The van der Waals surface area contributed by atoms with Crippen LogP contribution in [0.1, 0.15) is 11.1 Å². The Labute approximate surface area is 112 Å². The summed E-state index contributed by atoms with van der Waals surface area (Å²) in [5, 5.41) is 11.0. The van der Waals surface area contributed by atoms with E-state index >= 15 is 0 Å². The third-order valence-electron chi connectivity index (χ3n) is 2.48. The largest absolute Gasteiger partial charge is 0.573 e. The van der Waals surface area contributed by atoms with Crippen LogP contribution in [0.5, 0.6) is 5.75 Å². The number of ether oxygens (including phenoxy) is 1. The number of halogens is 3. The first-order chi connectivity index (χ1) is 8.89. The Bertz CT molecular complexity index is 576. The number of aryl methyl sites for hydroxylation is 1. The maximum atomic E-state index is 12.3. The molecule has 0 aliphatic carbocycles. The van der Waals surface area contributed by atoms with Gasteiger partial charge in [0.1, 0.15) is 5.75 Å². The monoisotopic (exact) mass is 288 g/mol. The molecule has 0 bridgehead atoms. The normalized spacial score (nSPS) is 11.6. The summed E-state index contributed by atoms with van der Waals surface area (Å²) in [5.41, 5.74) is 1.79. The molecule has 0 atom stereocenters. The molecule has 0 aliphatic rings. The van der Waals surface area contributed by atoms with E-state index in [9.17, 15) is 13.2 Å². The van der Waals surface area contributed by atoms with Crippen molar-refractivity contribution in [1.82, 2.24) is 0 Å². The molecule has 0 radical (unpaired) electrons. The number of thiophene rings is 1. The first-order valence-corrected chi connectivity index (χ1v) is 6.32. The minimum absolute atomic E-state index is 0.106. The molecule has 2 aromatic rings. The quantitative estimate of drug-likeness (QED) is 0.920. The highest BCUT2D eigenvalue weighted by Crippen LogP contribution is 2.34. The van der Waals surface area contributed by atoms with Crippen molar-refractivity contribution in [2.45, 2.75) is 19.9 Å². The van der Waals surface area contributed by atoms with Gasteiger partial charge in [-0.25, -0.2) is 0 Å². The van der Waals surface area contributed by atoms with E-state index < -0.39 is 13.0 Å². The second-order valence-electron chi connectivity index (χ2n) is 4.02. The Morgan fingerprint density at radius 2 is 2.00 bits per heavy atom. The molecule has 6 heteroatoms. The second kappa shape index (κ2) is 5.22. The van der Waals surface area contributed by atoms with Gasteiger partial charge in [0.15, 0.2) is 0 Å². The van der Waals surface area contributed by atoms with Crippen LogP contribution in [0.2, 0.25) is 0 Å². The number of alkyl halides is 3. The SMILES string of the molecule is Cc1csc(-c2ccc(CO)c(OC(F)(F)F)c2)c1. The van der Waals surface area contributed by atoms with Crippen molar-refractivity contribution in [2.75, 3.05) is 0 Å². The summed E-state index contributed by atoms with van der Waals surface area (Å²) < 4.78 is 40.8. The maximum absolute atomic E-state index is 12.3. The summed E-state index contributed by atoms with van der Waals surface area (Å²) in [4.78, 5) is 0.856. The van der Waals surface area contributed by atoms with E-state index in [0.29, 0.717) is 5.56 Å². The Balaban J connectivity index is 2.40. The lowest BCUT2D eigenvalue weighted by atomic mass is 10.1. The van der Waals surface area contributed by atoms with Gasteiger partial charge in [-0.1, -0.05) is 12.1 Å². The van der Waals surface area contributed by atoms with Crippen LogP contribution in [-0.2, 0) is 6.61 Å². The van der Waals surface area contributed by atoms with Crippen molar-refractivity contribution in [1.29, 1.82) is 0 Å². The molecule has 0 saturated carbocycles. The minimum Gasteiger partial charge on any atom is -0.405 e. The summed E-state index contributed by atoms with van der Waals surface area (Å²) in [6.07, 6.45) is -4.77. The zero-order chi connectivity index (χ0) is 14.0. The van der Waals surface area contributed by atoms with Crippen molar-refractivity contribution >= 4 is 11.3 Å². The molecular weight excluding hydrogens is 277 g/mol. The van der Waals surface area contributed by atoms with E-state index in [4.69, 9.17) is 5.11 Å². The number of aliphatic hydroxyl groups excluding tert-OH is 1. The van der Waals surface area contributed by atoms with Crippen molar-refractivity contribution in [3.05, 3.63) is 40.8 Å². The highest BCUT2D eigenvalue weighted by molar-refractivity contribution is 7.13. The van der Waals surface area contributed by atoms with Gasteiger partial charge in [-0.2, -0.15) is 0 Å². The molecule has 19 heavy (non-hydrogen) atoms. The lowest BCUT2D eigenvalue weighted by Gasteiger charge is -2.13. The molecule has 1 heterocycles. The Morgan fingerprint density at radius 3 is 2.53 bits per heavy atom. The molecule has 0 fully saturated rings. The third-order valence-corrected chi connectivity index (χ3v) is 3.58. The van der Waals surface area contributed by atoms with E-state index in [1.54, 1.807) is 6.07 Å².